The number of thiophene rings is 1. The third kappa shape index (κ3) is 3.74. The van der Waals surface area contributed by atoms with Gasteiger partial charge >= 0.3 is 5.97 Å². The predicted octanol–water partition coefficient (Wildman–Crippen LogP) is 2.63. The van der Waals surface area contributed by atoms with E-state index in [2.05, 4.69) is 0 Å². The van der Waals surface area contributed by atoms with E-state index in [0.717, 1.165) is 0 Å². The van der Waals surface area contributed by atoms with E-state index in [1.54, 1.807) is 17.0 Å². The number of carbonyl (C=O) groups excluding carboxylic acids is 1. The SMILES string of the molecule is O=C(OC1CCN(CC(F)F)CC1)c1cccs1. The minimum Gasteiger partial charge on any atom is -0.458 e. The molecule has 1 aliphatic heterocycles. The Morgan fingerprint density at radius 2 is 2.22 bits per heavy atom. The van der Waals surface area contributed by atoms with Crippen molar-refractivity contribution in [2.45, 2.75) is 25.4 Å². The van der Waals surface area contributed by atoms with E-state index in [-0.39, 0.29) is 18.6 Å². The number of likely N-dealkylation sites (tertiary alicyclic amines) is 1. The molecule has 18 heavy (non-hydrogen) atoms. The van der Waals surface area contributed by atoms with Crippen LogP contribution in [0.5, 0.6) is 0 Å². The van der Waals surface area contributed by atoms with Crippen molar-refractivity contribution in [3.63, 3.8) is 0 Å². The Balaban J connectivity index is 1.75. The van der Waals surface area contributed by atoms with Crippen LogP contribution in [0, 0.1) is 0 Å². The molecule has 3 nitrogen and oxygen atoms in total. The van der Waals surface area contributed by atoms with Gasteiger partial charge in [0, 0.05) is 13.1 Å². The molecule has 0 saturated carbocycles. The molecule has 1 fully saturated rings. The zero-order chi connectivity index (χ0) is 13.0. The second-order valence-electron chi connectivity index (χ2n) is 4.27. The van der Waals surface area contributed by atoms with Gasteiger partial charge in [-0.1, -0.05) is 6.07 Å². The number of hydrogen-bond donors (Lipinski definition) is 0. The summed E-state index contributed by atoms with van der Waals surface area (Å²) in [5.74, 6) is -0.308. The first-order chi connectivity index (χ1) is 8.65. The van der Waals surface area contributed by atoms with Gasteiger partial charge in [-0.05, 0) is 24.3 Å². The molecule has 0 bridgehead atoms. The van der Waals surface area contributed by atoms with Crippen LogP contribution in [-0.4, -0.2) is 43.0 Å². The summed E-state index contributed by atoms with van der Waals surface area (Å²) in [4.78, 5) is 14.0. The fourth-order valence-corrected chi connectivity index (χ4v) is 2.61. The number of carbonyl (C=O) groups is 1. The maximum Gasteiger partial charge on any atom is 0.348 e. The number of hydrogen-bond acceptors (Lipinski definition) is 4. The summed E-state index contributed by atoms with van der Waals surface area (Å²) in [6, 6.07) is 3.52. The molecular weight excluding hydrogens is 260 g/mol. The molecule has 6 heteroatoms. The highest BCUT2D eigenvalue weighted by Crippen LogP contribution is 2.18. The Morgan fingerprint density at radius 3 is 2.78 bits per heavy atom. The zero-order valence-corrected chi connectivity index (χ0v) is 10.7. The number of ether oxygens (including phenoxy) is 1. The van der Waals surface area contributed by atoms with Gasteiger partial charge in [0.2, 0.25) is 0 Å². The third-order valence-electron chi connectivity index (χ3n) is 2.93. The topological polar surface area (TPSA) is 29.5 Å². The van der Waals surface area contributed by atoms with Gasteiger partial charge in [0.15, 0.2) is 0 Å². The van der Waals surface area contributed by atoms with Crippen molar-refractivity contribution in [2.75, 3.05) is 19.6 Å². The minimum absolute atomic E-state index is 0.145. The standard InChI is InChI=1S/C12H15F2NO2S/c13-11(14)8-15-5-3-9(4-6-15)17-12(16)10-2-1-7-18-10/h1-2,7,9,11H,3-6,8H2. The van der Waals surface area contributed by atoms with Crippen molar-refractivity contribution in [3.05, 3.63) is 22.4 Å². The molecule has 0 spiro atoms. The lowest BCUT2D eigenvalue weighted by Gasteiger charge is -2.31. The Morgan fingerprint density at radius 1 is 1.50 bits per heavy atom. The molecular formula is C12H15F2NO2S. The lowest BCUT2D eigenvalue weighted by molar-refractivity contribution is 0.00267. The van der Waals surface area contributed by atoms with Crippen molar-refractivity contribution < 1.29 is 18.3 Å². The van der Waals surface area contributed by atoms with Crippen LogP contribution < -0.4 is 0 Å². The van der Waals surface area contributed by atoms with Crippen LogP contribution in [0.3, 0.4) is 0 Å². The summed E-state index contributed by atoms with van der Waals surface area (Å²) >= 11 is 1.34. The van der Waals surface area contributed by atoms with Gasteiger partial charge in [-0.25, -0.2) is 13.6 Å². The largest absolute Gasteiger partial charge is 0.458 e. The fourth-order valence-electron chi connectivity index (χ4n) is 2.01. The molecule has 1 aromatic rings. The number of halogens is 2. The van der Waals surface area contributed by atoms with Crippen LogP contribution in [0.15, 0.2) is 17.5 Å². The number of esters is 1. The highest BCUT2D eigenvalue weighted by Gasteiger charge is 2.24. The van der Waals surface area contributed by atoms with Gasteiger partial charge in [0.05, 0.1) is 6.54 Å². The summed E-state index contributed by atoms with van der Waals surface area (Å²) in [5, 5.41) is 1.82. The number of alkyl halides is 2. The predicted molar refractivity (Wildman–Crippen MR) is 65.2 cm³/mol. The molecule has 0 amide bonds. The molecule has 1 aromatic heterocycles. The van der Waals surface area contributed by atoms with Gasteiger partial charge in [0.25, 0.3) is 6.43 Å². The molecule has 2 rings (SSSR count). The quantitative estimate of drug-likeness (QED) is 0.791. The molecule has 0 aromatic carbocycles. The van der Waals surface area contributed by atoms with E-state index in [4.69, 9.17) is 4.74 Å². The minimum atomic E-state index is -2.30. The van der Waals surface area contributed by atoms with E-state index in [9.17, 15) is 13.6 Å². The smallest absolute Gasteiger partial charge is 0.348 e. The molecule has 2 heterocycles. The van der Waals surface area contributed by atoms with Crippen molar-refractivity contribution in [1.82, 2.24) is 4.90 Å². The lowest BCUT2D eigenvalue weighted by Crippen LogP contribution is -2.40. The second kappa shape index (κ2) is 6.24. The molecule has 100 valence electrons. The van der Waals surface area contributed by atoms with E-state index >= 15 is 0 Å². The fraction of sp³-hybridized carbons (Fsp3) is 0.583. The van der Waals surface area contributed by atoms with Gasteiger partial charge < -0.3 is 4.74 Å². The van der Waals surface area contributed by atoms with Crippen LogP contribution in [0.1, 0.15) is 22.5 Å². The second-order valence-corrected chi connectivity index (χ2v) is 5.22. The molecule has 0 atom stereocenters. The first kappa shape index (κ1) is 13.4. The average Bonchev–Trinajstić information content (AvgIpc) is 2.84. The maximum absolute atomic E-state index is 12.2. The molecule has 0 N–H and O–H groups in total. The normalized spacial score (nSPS) is 18.2. The van der Waals surface area contributed by atoms with Gasteiger partial charge in [-0.15, -0.1) is 11.3 Å². The van der Waals surface area contributed by atoms with Crippen LogP contribution in [0.25, 0.3) is 0 Å². The zero-order valence-electron chi connectivity index (χ0n) is 9.85. The number of nitrogens with zero attached hydrogens (tertiary/aromatic N) is 1. The molecule has 1 saturated heterocycles. The van der Waals surface area contributed by atoms with Crippen molar-refractivity contribution in [3.8, 4) is 0 Å². The van der Waals surface area contributed by atoms with Crippen molar-refractivity contribution >= 4 is 17.3 Å². The Labute approximate surface area is 108 Å². The Bertz CT molecular complexity index is 375. The molecule has 1 aliphatic rings. The van der Waals surface area contributed by atoms with E-state index in [0.29, 0.717) is 30.8 Å². The van der Waals surface area contributed by atoms with Gasteiger partial charge in [-0.3, -0.25) is 4.90 Å². The Kier molecular flexibility index (Phi) is 4.66. The highest BCUT2D eigenvalue weighted by molar-refractivity contribution is 7.11. The lowest BCUT2D eigenvalue weighted by atomic mass is 10.1. The first-order valence-corrected chi connectivity index (χ1v) is 6.78. The highest BCUT2D eigenvalue weighted by atomic mass is 32.1. The Hall–Kier alpha value is -1.01. The monoisotopic (exact) mass is 275 g/mol. The average molecular weight is 275 g/mol. The van der Waals surface area contributed by atoms with E-state index in [1.165, 1.54) is 11.3 Å². The summed E-state index contributed by atoms with van der Waals surface area (Å²) in [5.41, 5.74) is 0. The van der Waals surface area contributed by atoms with Crippen LogP contribution in [0.4, 0.5) is 8.78 Å². The van der Waals surface area contributed by atoms with Gasteiger partial charge in [0.1, 0.15) is 11.0 Å². The maximum atomic E-state index is 12.2. The summed E-state index contributed by atoms with van der Waals surface area (Å²) in [7, 11) is 0. The first-order valence-electron chi connectivity index (χ1n) is 5.90. The summed E-state index contributed by atoms with van der Waals surface area (Å²) in [6.45, 7) is 0.936. The van der Waals surface area contributed by atoms with Gasteiger partial charge in [-0.2, -0.15) is 0 Å². The third-order valence-corrected chi connectivity index (χ3v) is 3.78. The van der Waals surface area contributed by atoms with Crippen molar-refractivity contribution in [2.24, 2.45) is 0 Å². The van der Waals surface area contributed by atoms with E-state index < -0.39 is 6.43 Å². The number of rotatable bonds is 4. The van der Waals surface area contributed by atoms with Crippen LogP contribution >= 0.6 is 11.3 Å². The van der Waals surface area contributed by atoms with Crippen LogP contribution in [0.2, 0.25) is 0 Å². The number of piperidine rings is 1. The summed E-state index contributed by atoms with van der Waals surface area (Å²) < 4.78 is 29.7. The van der Waals surface area contributed by atoms with E-state index in [1.807, 2.05) is 5.38 Å². The van der Waals surface area contributed by atoms with Crippen LogP contribution in [-0.2, 0) is 4.74 Å². The molecule has 0 unspecified atom stereocenters. The van der Waals surface area contributed by atoms with Crippen molar-refractivity contribution in [1.29, 1.82) is 0 Å². The summed E-state index contributed by atoms with van der Waals surface area (Å²) in [6.07, 6.45) is -1.18. The molecule has 0 radical (unpaired) electrons. The molecule has 0 aliphatic carbocycles.